The molecule has 1 aromatic rings. The van der Waals surface area contributed by atoms with Crippen molar-refractivity contribution in [1.29, 1.82) is 0 Å². The van der Waals surface area contributed by atoms with E-state index in [2.05, 4.69) is 44.8 Å². The van der Waals surface area contributed by atoms with Gasteiger partial charge in [0.2, 0.25) is 0 Å². The van der Waals surface area contributed by atoms with Gasteiger partial charge in [-0.25, -0.2) is 4.39 Å². The van der Waals surface area contributed by atoms with E-state index in [4.69, 9.17) is 0 Å². The van der Waals surface area contributed by atoms with Crippen LogP contribution in [0.2, 0.25) is 0 Å². The summed E-state index contributed by atoms with van der Waals surface area (Å²) in [5.41, 5.74) is 1.71. The number of anilines is 1. The Morgan fingerprint density at radius 3 is 2.37 bits per heavy atom. The maximum atomic E-state index is 14.3. The van der Waals surface area contributed by atoms with E-state index in [9.17, 15) is 4.39 Å². The van der Waals surface area contributed by atoms with Gasteiger partial charge in [0.25, 0.3) is 0 Å². The second kappa shape index (κ2) is 7.49. The van der Waals surface area contributed by atoms with Crippen molar-refractivity contribution in [3.8, 4) is 0 Å². The molecular weight excluding hydrogens is 239 g/mol. The fourth-order valence-corrected chi connectivity index (χ4v) is 2.32. The first-order valence-corrected chi connectivity index (χ1v) is 7.30. The van der Waals surface area contributed by atoms with Crippen LogP contribution in [0.5, 0.6) is 0 Å². The van der Waals surface area contributed by atoms with Crippen LogP contribution in [0.25, 0.3) is 0 Å². The van der Waals surface area contributed by atoms with E-state index in [1.54, 1.807) is 6.07 Å². The van der Waals surface area contributed by atoms with Crippen LogP contribution in [0.3, 0.4) is 0 Å². The number of hydrogen-bond acceptors (Lipinski definition) is 2. The van der Waals surface area contributed by atoms with Crippen LogP contribution in [0.15, 0.2) is 18.2 Å². The summed E-state index contributed by atoms with van der Waals surface area (Å²) in [7, 11) is 0. The van der Waals surface area contributed by atoms with Gasteiger partial charge in [-0.1, -0.05) is 13.0 Å². The van der Waals surface area contributed by atoms with Crippen LogP contribution in [0.1, 0.15) is 52.6 Å². The lowest BCUT2D eigenvalue weighted by Gasteiger charge is -2.28. The van der Waals surface area contributed by atoms with Gasteiger partial charge in [0.15, 0.2) is 0 Å². The van der Waals surface area contributed by atoms with Gasteiger partial charge in [0.05, 0.1) is 5.69 Å². The molecule has 19 heavy (non-hydrogen) atoms. The highest BCUT2D eigenvalue weighted by molar-refractivity contribution is 5.50. The fourth-order valence-electron chi connectivity index (χ4n) is 2.32. The normalized spacial score (nSPS) is 12.8. The van der Waals surface area contributed by atoms with Crippen molar-refractivity contribution in [2.45, 2.75) is 53.1 Å². The molecule has 0 heterocycles. The van der Waals surface area contributed by atoms with Crippen LogP contribution in [-0.2, 0) is 0 Å². The average molecular weight is 266 g/mol. The summed E-state index contributed by atoms with van der Waals surface area (Å²) < 4.78 is 14.3. The minimum absolute atomic E-state index is 0.127. The lowest BCUT2D eigenvalue weighted by atomic mass is 10.1. The number of rotatable bonds is 7. The number of benzene rings is 1. The summed E-state index contributed by atoms with van der Waals surface area (Å²) in [5, 5.41) is 3.38. The standard InChI is InChI=1S/C16H27FN2/c1-6-10-18-13(5)14-8-9-16(15(17)11-14)19(7-2)12(3)4/h8-9,11-13,18H,6-7,10H2,1-5H3. The quantitative estimate of drug-likeness (QED) is 0.798. The second-order valence-corrected chi connectivity index (χ2v) is 5.27. The van der Waals surface area contributed by atoms with Gasteiger partial charge >= 0.3 is 0 Å². The molecular formula is C16H27FN2. The zero-order valence-corrected chi connectivity index (χ0v) is 12.8. The van der Waals surface area contributed by atoms with Gasteiger partial charge in [0, 0.05) is 18.6 Å². The molecule has 1 N–H and O–H groups in total. The SMILES string of the molecule is CCCNC(C)c1ccc(N(CC)C(C)C)c(F)c1. The van der Waals surface area contributed by atoms with E-state index in [-0.39, 0.29) is 11.9 Å². The Bertz CT molecular complexity index is 390. The topological polar surface area (TPSA) is 15.3 Å². The highest BCUT2D eigenvalue weighted by atomic mass is 19.1. The third kappa shape index (κ3) is 4.20. The molecule has 1 rings (SSSR count). The van der Waals surface area contributed by atoms with Gasteiger partial charge in [-0.3, -0.25) is 0 Å². The Hall–Kier alpha value is -1.09. The summed E-state index contributed by atoms with van der Waals surface area (Å²) in [6.07, 6.45) is 1.09. The van der Waals surface area contributed by atoms with Gasteiger partial charge < -0.3 is 10.2 Å². The van der Waals surface area contributed by atoms with Crippen LogP contribution in [0.4, 0.5) is 10.1 Å². The van der Waals surface area contributed by atoms with Gasteiger partial charge in [-0.05, 0) is 58.4 Å². The lowest BCUT2D eigenvalue weighted by molar-refractivity contribution is 0.559. The van der Waals surface area contributed by atoms with Crippen LogP contribution in [0, 0.1) is 5.82 Å². The predicted molar refractivity (Wildman–Crippen MR) is 81.3 cm³/mol. The molecule has 0 spiro atoms. The van der Waals surface area contributed by atoms with Gasteiger partial charge in [-0.2, -0.15) is 0 Å². The third-order valence-corrected chi connectivity index (χ3v) is 3.45. The second-order valence-electron chi connectivity index (χ2n) is 5.27. The number of nitrogens with one attached hydrogen (secondary N) is 1. The van der Waals surface area contributed by atoms with E-state index in [0.717, 1.165) is 25.1 Å². The summed E-state index contributed by atoms with van der Waals surface area (Å²) in [4.78, 5) is 2.07. The molecule has 1 atom stereocenters. The van der Waals surface area contributed by atoms with E-state index >= 15 is 0 Å². The van der Waals surface area contributed by atoms with E-state index in [1.807, 2.05) is 12.1 Å². The average Bonchev–Trinajstić information content (AvgIpc) is 2.38. The highest BCUT2D eigenvalue weighted by Gasteiger charge is 2.14. The van der Waals surface area contributed by atoms with Gasteiger partial charge in [-0.15, -0.1) is 0 Å². The molecule has 0 aliphatic rings. The van der Waals surface area contributed by atoms with Crippen molar-refractivity contribution < 1.29 is 4.39 Å². The maximum Gasteiger partial charge on any atom is 0.146 e. The minimum atomic E-state index is -0.127. The Morgan fingerprint density at radius 1 is 1.21 bits per heavy atom. The zero-order chi connectivity index (χ0) is 14.4. The smallest absolute Gasteiger partial charge is 0.146 e. The molecule has 0 fully saturated rings. The van der Waals surface area contributed by atoms with E-state index in [0.29, 0.717) is 11.7 Å². The van der Waals surface area contributed by atoms with Crippen LogP contribution >= 0.6 is 0 Å². The van der Waals surface area contributed by atoms with E-state index < -0.39 is 0 Å². The molecule has 0 aliphatic heterocycles. The van der Waals surface area contributed by atoms with Crippen molar-refractivity contribution in [3.63, 3.8) is 0 Å². The highest BCUT2D eigenvalue weighted by Crippen LogP contribution is 2.24. The van der Waals surface area contributed by atoms with Gasteiger partial charge in [0.1, 0.15) is 5.82 Å². The van der Waals surface area contributed by atoms with Crippen LogP contribution in [-0.4, -0.2) is 19.1 Å². The Balaban J connectivity index is 2.90. The maximum absolute atomic E-state index is 14.3. The van der Waals surface area contributed by atoms with Crippen molar-refractivity contribution >= 4 is 5.69 Å². The third-order valence-electron chi connectivity index (χ3n) is 3.45. The van der Waals surface area contributed by atoms with E-state index in [1.165, 1.54) is 0 Å². The molecule has 0 radical (unpaired) electrons. The molecule has 0 aliphatic carbocycles. The predicted octanol–water partition coefficient (Wildman–Crippen LogP) is 4.12. The molecule has 0 amide bonds. The Labute approximate surface area is 117 Å². The molecule has 0 bridgehead atoms. The molecule has 1 aromatic carbocycles. The summed E-state index contributed by atoms with van der Waals surface area (Å²) in [5.74, 6) is -0.127. The van der Waals surface area contributed by atoms with Crippen molar-refractivity contribution in [3.05, 3.63) is 29.6 Å². The first-order valence-electron chi connectivity index (χ1n) is 7.30. The molecule has 0 saturated carbocycles. The van der Waals surface area contributed by atoms with Crippen molar-refractivity contribution in [2.75, 3.05) is 18.0 Å². The van der Waals surface area contributed by atoms with Crippen molar-refractivity contribution in [1.82, 2.24) is 5.32 Å². The Morgan fingerprint density at radius 2 is 1.89 bits per heavy atom. The summed E-state index contributed by atoms with van der Waals surface area (Å²) in [6, 6.07) is 6.08. The Kier molecular flexibility index (Phi) is 6.29. The largest absolute Gasteiger partial charge is 0.367 e. The minimum Gasteiger partial charge on any atom is -0.367 e. The molecule has 0 saturated heterocycles. The number of nitrogens with zero attached hydrogens (tertiary/aromatic N) is 1. The molecule has 1 unspecified atom stereocenters. The lowest BCUT2D eigenvalue weighted by Crippen LogP contribution is -2.31. The monoisotopic (exact) mass is 266 g/mol. The summed E-state index contributed by atoms with van der Waals surface area (Å²) >= 11 is 0. The van der Waals surface area contributed by atoms with Crippen molar-refractivity contribution in [2.24, 2.45) is 0 Å². The zero-order valence-electron chi connectivity index (χ0n) is 12.8. The summed E-state index contributed by atoms with van der Waals surface area (Å²) in [6.45, 7) is 12.2. The molecule has 2 nitrogen and oxygen atoms in total. The fraction of sp³-hybridized carbons (Fsp3) is 0.625. The number of hydrogen-bond donors (Lipinski definition) is 1. The molecule has 0 aromatic heterocycles. The van der Waals surface area contributed by atoms with Crippen LogP contribution < -0.4 is 10.2 Å². The molecule has 3 heteroatoms. The number of halogens is 1. The first-order chi connectivity index (χ1) is 9.01. The molecule has 108 valence electrons. The first kappa shape index (κ1) is 16.0.